The lowest BCUT2D eigenvalue weighted by molar-refractivity contribution is -0.147. The van der Waals surface area contributed by atoms with E-state index < -0.39 is 0 Å². The van der Waals surface area contributed by atoms with Gasteiger partial charge in [-0.05, 0) is 31.9 Å². The van der Waals surface area contributed by atoms with Crippen LogP contribution in [0.4, 0.5) is 0 Å². The van der Waals surface area contributed by atoms with Crippen molar-refractivity contribution in [2.24, 2.45) is 0 Å². The van der Waals surface area contributed by atoms with Gasteiger partial charge in [-0.3, -0.25) is 9.59 Å². The first-order valence-electron chi connectivity index (χ1n) is 6.49. The minimum absolute atomic E-state index is 0.0772. The quantitative estimate of drug-likeness (QED) is 0.799. The van der Waals surface area contributed by atoms with Crippen molar-refractivity contribution in [2.45, 2.75) is 39.7 Å². The normalized spacial score (nSPS) is 10.3. The van der Waals surface area contributed by atoms with Crippen LogP contribution in [0.1, 0.15) is 31.4 Å². The van der Waals surface area contributed by atoms with E-state index in [1.807, 2.05) is 31.2 Å². The molecular formula is C15H21NO3. The average Bonchev–Trinajstić information content (AvgIpc) is 2.31. The number of ether oxygens (including phenoxy) is 1. The molecule has 0 unspecified atom stereocenters. The lowest BCUT2D eigenvalue weighted by Gasteiger charge is -2.09. The van der Waals surface area contributed by atoms with Crippen molar-refractivity contribution < 1.29 is 14.3 Å². The zero-order valence-corrected chi connectivity index (χ0v) is 11.7. The van der Waals surface area contributed by atoms with Crippen molar-refractivity contribution in [1.82, 2.24) is 5.32 Å². The van der Waals surface area contributed by atoms with Gasteiger partial charge in [-0.25, -0.2) is 0 Å². The topological polar surface area (TPSA) is 55.4 Å². The lowest BCUT2D eigenvalue weighted by atomic mass is 10.1. The van der Waals surface area contributed by atoms with E-state index in [2.05, 4.69) is 5.32 Å². The Bertz CT molecular complexity index is 441. The summed E-state index contributed by atoms with van der Waals surface area (Å²) >= 11 is 0. The zero-order chi connectivity index (χ0) is 14.3. The predicted molar refractivity (Wildman–Crippen MR) is 73.7 cm³/mol. The molecule has 4 nitrogen and oxygen atoms in total. The van der Waals surface area contributed by atoms with Crippen LogP contribution in [-0.2, 0) is 20.7 Å². The van der Waals surface area contributed by atoms with Crippen LogP contribution in [0.5, 0.6) is 0 Å². The molecule has 1 N–H and O–H groups in total. The summed E-state index contributed by atoms with van der Waals surface area (Å²) in [6.45, 7) is 5.89. The maximum Gasteiger partial charge on any atom is 0.307 e. The monoisotopic (exact) mass is 263 g/mol. The number of carbonyl (C=O) groups is 2. The molecule has 0 aliphatic heterocycles. The van der Waals surface area contributed by atoms with E-state index in [1.165, 1.54) is 0 Å². The molecule has 0 aliphatic carbocycles. The summed E-state index contributed by atoms with van der Waals surface area (Å²) in [5, 5.41) is 2.72. The third-order valence-electron chi connectivity index (χ3n) is 2.63. The van der Waals surface area contributed by atoms with Gasteiger partial charge in [0.2, 0.25) is 5.91 Å². The van der Waals surface area contributed by atoms with Crippen LogP contribution in [0.25, 0.3) is 0 Å². The van der Waals surface area contributed by atoms with Gasteiger partial charge in [0.05, 0.1) is 18.9 Å². The van der Waals surface area contributed by atoms with Gasteiger partial charge in [0, 0.05) is 6.54 Å². The number of aryl methyl sites for hydroxylation is 1. The van der Waals surface area contributed by atoms with E-state index in [0.29, 0.717) is 13.0 Å². The molecule has 0 aromatic heterocycles. The number of benzene rings is 1. The highest BCUT2D eigenvalue weighted by molar-refractivity contribution is 5.79. The van der Waals surface area contributed by atoms with Crippen LogP contribution in [0.2, 0.25) is 0 Å². The molecule has 0 atom stereocenters. The van der Waals surface area contributed by atoms with Gasteiger partial charge < -0.3 is 10.1 Å². The SMILES string of the molecule is Cc1ccccc1CC(=O)NCCC(=O)OC(C)C. The Balaban J connectivity index is 2.29. The van der Waals surface area contributed by atoms with Crippen LogP contribution >= 0.6 is 0 Å². The van der Waals surface area contributed by atoms with Crippen molar-refractivity contribution in [1.29, 1.82) is 0 Å². The molecule has 19 heavy (non-hydrogen) atoms. The minimum atomic E-state index is -0.286. The maximum absolute atomic E-state index is 11.7. The number of nitrogens with one attached hydrogen (secondary N) is 1. The fourth-order valence-electron chi connectivity index (χ4n) is 1.67. The van der Waals surface area contributed by atoms with E-state index in [1.54, 1.807) is 13.8 Å². The number of amides is 1. The lowest BCUT2D eigenvalue weighted by Crippen LogP contribution is -2.28. The fourth-order valence-corrected chi connectivity index (χ4v) is 1.67. The largest absolute Gasteiger partial charge is 0.463 e. The van der Waals surface area contributed by atoms with Crippen LogP contribution in [0.15, 0.2) is 24.3 Å². The van der Waals surface area contributed by atoms with Gasteiger partial charge in [0.1, 0.15) is 0 Å². The molecule has 1 rings (SSSR count). The van der Waals surface area contributed by atoms with Crippen LogP contribution < -0.4 is 5.32 Å². The van der Waals surface area contributed by atoms with Crippen molar-refractivity contribution in [3.05, 3.63) is 35.4 Å². The first-order chi connectivity index (χ1) is 8.99. The molecule has 1 aromatic carbocycles. The summed E-state index contributed by atoms with van der Waals surface area (Å²) in [5.74, 6) is -0.363. The third-order valence-corrected chi connectivity index (χ3v) is 2.63. The second-order valence-electron chi connectivity index (χ2n) is 4.74. The predicted octanol–water partition coefficient (Wildman–Crippen LogP) is 2.00. The van der Waals surface area contributed by atoms with Crippen molar-refractivity contribution in [3.8, 4) is 0 Å². The first kappa shape index (κ1) is 15.2. The molecule has 104 valence electrons. The first-order valence-corrected chi connectivity index (χ1v) is 6.49. The summed E-state index contributed by atoms with van der Waals surface area (Å²) < 4.78 is 4.98. The Kier molecular flexibility index (Phi) is 6.06. The summed E-state index contributed by atoms with van der Waals surface area (Å²) in [6.07, 6.45) is 0.430. The van der Waals surface area contributed by atoms with Crippen LogP contribution in [0, 0.1) is 6.92 Å². The van der Waals surface area contributed by atoms with E-state index in [4.69, 9.17) is 4.74 Å². The smallest absolute Gasteiger partial charge is 0.307 e. The molecular weight excluding hydrogens is 242 g/mol. The van der Waals surface area contributed by atoms with E-state index in [9.17, 15) is 9.59 Å². The minimum Gasteiger partial charge on any atom is -0.463 e. The molecule has 1 aromatic rings. The van der Waals surface area contributed by atoms with Gasteiger partial charge in [0.15, 0.2) is 0 Å². The highest BCUT2D eigenvalue weighted by Crippen LogP contribution is 2.07. The highest BCUT2D eigenvalue weighted by Gasteiger charge is 2.08. The maximum atomic E-state index is 11.7. The van der Waals surface area contributed by atoms with Gasteiger partial charge in [0.25, 0.3) is 0 Å². The van der Waals surface area contributed by atoms with E-state index in [0.717, 1.165) is 11.1 Å². The van der Waals surface area contributed by atoms with Crippen LogP contribution in [0.3, 0.4) is 0 Å². The number of hydrogen-bond donors (Lipinski definition) is 1. The fraction of sp³-hybridized carbons (Fsp3) is 0.467. The van der Waals surface area contributed by atoms with E-state index >= 15 is 0 Å². The zero-order valence-electron chi connectivity index (χ0n) is 11.7. The third kappa shape index (κ3) is 6.04. The molecule has 0 saturated heterocycles. The molecule has 4 heteroatoms. The number of rotatable bonds is 6. The average molecular weight is 263 g/mol. The second-order valence-corrected chi connectivity index (χ2v) is 4.74. The summed E-state index contributed by atoms with van der Waals surface area (Å²) in [5.41, 5.74) is 2.10. The Morgan fingerprint density at radius 2 is 1.95 bits per heavy atom. The summed E-state index contributed by atoms with van der Waals surface area (Å²) in [7, 11) is 0. The number of carbonyl (C=O) groups excluding carboxylic acids is 2. The molecule has 0 aliphatic rings. The molecule has 0 radical (unpaired) electrons. The molecule has 1 amide bonds. The molecule has 0 saturated carbocycles. The number of hydrogen-bond acceptors (Lipinski definition) is 3. The molecule has 0 fully saturated rings. The Morgan fingerprint density at radius 3 is 2.58 bits per heavy atom. The Hall–Kier alpha value is -1.84. The molecule has 0 heterocycles. The Morgan fingerprint density at radius 1 is 1.26 bits per heavy atom. The second kappa shape index (κ2) is 7.56. The van der Waals surface area contributed by atoms with Gasteiger partial charge in [-0.15, -0.1) is 0 Å². The van der Waals surface area contributed by atoms with Crippen molar-refractivity contribution in [2.75, 3.05) is 6.54 Å². The molecule has 0 bridgehead atoms. The van der Waals surface area contributed by atoms with Crippen LogP contribution in [-0.4, -0.2) is 24.5 Å². The Labute approximate surface area is 114 Å². The van der Waals surface area contributed by atoms with Crippen molar-refractivity contribution >= 4 is 11.9 Å². The van der Waals surface area contributed by atoms with Gasteiger partial charge in [-0.1, -0.05) is 24.3 Å². The van der Waals surface area contributed by atoms with Crippen molar-refractivity contribution in [3.63, 3.8) is 0 Å². The highest BCUT2D eigenvalue weighted by atomic mass is 16.5. The van der Waals surface area contributed by atoms with E-state index in [-0.39, 0.29) is 24.4 Å². The van der Waals surface area contributed by atoms with Gasteiger partial charge >= 0.3 is 5.97 Å². The molecule has 0 spiro atoms. The standard InChI is InChI=1S/C15H21NO3/c1-11(2)19-15(18)8-9-16-14(17)10-13-7-5-4-6-12(13)3/h4-7,11H,8-10H2,1-3H3,(H,16,17). The number of esters is 1. The van der Waals surface area contributed by atoms with Gasteiger partial charge in [-0.2, -0.15) is 0 Å². The summed E-state index contributed by atoms with van der Waals surface area (Å²) in [6, 6.07) is 7.76. The summed E-state index contributed by atoms with van der Waals surface area (Å²) in [4.78, 5) is 23.0.